The topological polar surface area (TPSA) is 26.3 Å². The Morgan fingerprint density at radius 3 is 1.16 bits per heavy atom. The maximum absolute atomic E-state index is 12.0. The Bertz CT molecular complexity index is 460. The Kier molecular flexibility index (Phi) is 30.6. The Hall–Kier alpha value is -0.530. The third-order valence-electron chi connectivity index (χ3n) is 8.53. The summed E-state index contributed by atoms with van der Waals surface area (Å²) in [6.07, 6.45) is 37.0. The lowest BCUT2D eigenvalue weighted by molar-refractivity contribution is -0.143. The number of rotatable bonds is 31. The smallest absolute Gasteiger partial charge is 0.305 e. The van der Waals surface area contributed by atoms with Crippen LogP contribution in [0.15, 0.2) is 0 Å². The third kappa shape index (κ3) is 30.0. The first-order valence-corrected chi connectivity index (χ1v) is 17.8. The fraction of sp³-hybridized carbons (Fsp3) is 0.972. The number of carbonyl (C=O) groups is 1. The molecule has 0 aliphatic rings. The third-order valence-corrected chi connectivity index (χ3v) is 8.53. The van der Waals surface area contributed by atoms with Crippen molar-refractivity contribution < 1.29 is 9.53 Å². The van der Waals surface area contributed by atoms with Gasteiger partial charge in [0.1, 0.15) is 0 Å². The highest BCUT2D eigenvalue weighted by Gasteiger charge is 2.05. The van der Waals surface area contributed by atoms with Gasteiger partial charge in [0.05, 0.1) is 6.61 Å². The lowest BCUT2D eigenvalue weighted by Gasteiger charge is -2.11. The molecular formula is C36H72O2. The normalized spacial score (nSPS) is 13.1. The van der Waals surface area contributed by atoms with Gasteiger partial charge >= 0.3 is 5.97 Å². The maximum atomic E-state index is 12.0. The van der Waals surface area contributed by atoms with Gasteiger partial charge in [-0.25, -0.2) is 0 Å². The van der Waals surface area contributed by atoms with Gasteiger partial charge in [-0.2, -0.15) is 0 Å². The van der Waals surface area contributed by atoms with E-state index in [9.17, 15) is 4.79 Å². The van der Waals surface area contributed by atoms with E-state index in [-0.39, 0.29) is 5.97 Å². The van der Waals surface area contributed by atoms with Crippen LogP contribution in [0.25, 0.3) is 0 Å². The first-order valence-electron chi connectivity index (χ1n) is 17.8. The molecule has 2 nitrogen and oxygen atoms in total. The Morgan fingerprint density at radius 2 is 0.763 bits per heavy atom. The van der Waals surface area contributed by atoms with Crippen molar-refractivity contribution in [2.45, 2.75) is 207 Å². The summed E-state index contributed by atoms with van der Waals surface area (Å²) in [4.78, 5) is 12.0. The van der Waals surface area contributed by atoms with Gasteiger partial charge in [-0.1, -0.05) is 188 Å². The van der Waals surface area contributed by atoms with E-state index in [1.165, 1.54) is 161 Å². The second kappa shape index (κ2) is 31.0. The van der Waals surface area contributed by atoms with Gasteiger partial charge in [-0.15, -0.1) is 0 Å². The average molecular weight is 537 g/mol. The quantitative estimate of drug-likeness (QED) is 0.0650. The summed E-state index contributed by atoms with van der Waals surface area (Å²) < 4.78 is 5.46. The molecule has 0 saturated carbocycles. The zero-order valence-corrected chi connectivity index (χ0v) is 27.0. The summed E-state index contributed by atoms with van der Waals surface area (Å²) in [5.74, 6) is 1.82. The zero-order chi connectivity index (χ0) is 27.9. The first kappa shape index (κ1) is 37.5. The van der Waals surface area contributed by atoms with E-state index in [1.807, 2.05) is 0 Å². The lowest BCUT2D eigenvalue weighted by Crippen LogP contribution is -2.05. The molecule has 2 unspecified atom stereocenters. The molecule has 0 aromatic heterocycles. The van der Waals surface area contributed by atoms with Gasteiger partial charge in [0.2, 0.25) is 0 Å². The van der Waals surface area contributed by atoms with Crippen LogP contribution in [0.2, 0.25) is 0 Å². The lowest BCUT2D eigenvalue weighted by atomic mass is 9.96. The number of hydrogen-bond donors (Lipinski definition) is 0. The van der Waals surface area contributed by atoms with E-state index >= 15 is 0 Å². The summed E-state index contributed by atoms with van der Waals surface area (Å²) >= 11 is 0. The SMILES string of the molecule is CCCCCCCCC(C)CCCCCCCCOC(=O)CCCCCCCC(C)CCCCCCCC. The summed E-state index contributed by atoms with van der Waals surface area (Å²) in [5, 5.41) is 0. The van der Waals surface area contributed by atoms with Crippen LogP contribution < -0.4 is 0 Å². The van der Waals surface area contributed by atoms with E-state index < -0.39 is 0 Å². The van der Waals surface area contributed by atoms with Gasteiger partial charge in [-0.05, 0) is 24.7 Å². The van der Waals surface area contributed by atoms with Crippen LogP contribution in [0.5, 0.6) is 0 Å². The molecule has 0 bridgehead atoms. The minimum atomic E-state index is 0.0249. The van der Waals surface area contributed by atoms with E-state index in [1.54, 1.807) is 0 Å². The van der Waals surface area contributed by atoms with Crippen molar-refractivity contribution in [3.05, 3.63) is 0 Å². The van der Waals surface area contributed by atoms with Crippen LogP contribution >= 0.6 is 0 Å². The fourth-order valence-corrected chi connectivity index (χ4v) is 5.69. The molecule has 0 fully saturated rings. The van der Waals surface area contributed by atoms with Gasteiger partial charge in [0.15, 0.2) is 0 Å². The van der Waals surface area contributed by atoms with Gasteiger partial charge in [0.25, 0.3) is 0 Å². The maximum Gasteiger partial charge on any atom is 0.305 e. The van der Waals surface area contributed by atoms with Crippen LogP contribution in [0.3, 0.4) is 0 Å². The van der Waals surface area contributed by atoms with Gasteiger partial charge in [0, 0.05) is 6.42 Å². The van der Waals surface area contributed by atoms with Crippen molar-refractivity contribution in [3.8, 4) is 0 Å². The van der Waals surface area contributed by atoms with E-state index in [0.717, 1.165) is 24.7 Å². The second-order valence-electron chi connectivity index (χ2n) is 12.8. The minimum Gasteiger partial charge on any atom is -0.466 e. The molecule has 0 heterocycles. The van der Waals surface area contributed by atoms with Gasteiger partial charge < -0.3 is 4.74 Å². The zero-order valence-electron chi connectivity index (χ0n) is 27.0. The van der Waals surface area contributed by atoms with Crippen molar-refractivity contribution >= 4 is 5.97 Å². The molecule has 0 spiro atoms. The summed E-state index contributed by atoms with van der Waals surface area (Å²) in [5.41, 5.74) is 0. The fourth-order valence-electron chi connectivity index (χ4n) is 5.69. The molecule has 228 valence electrons. The molecule has 2 heteroatoms. The predicted octanol–water partition coefficient (Wildman–Crippen LogP) is 12.8. The molecule has 0 rings (SSSR count). The molecule has 0 aromatic carbocycles. The molecular weight excluding hydrogens is 464 g/mol. The summed E-state index contributed by atoms with van der Waals surface area (Å²) in [6.45, 7) is 10.1. The van der Waals surface area contributed by atoms with Crippen molar-refractivity contribution in [2.75, 3.05) is 6.61 Å². The molecule has 2 atom stereocenters. The highest BCUT2D eigenvalue weighted by atomic mass is 16.5. The van der Waals surface area contributed by atoms with E-state index in [2.05, 4.69) is 27.7 Å². The Morgan fingerprint density at radius 1 is 0.447 bits per heavy atom. The highest BCUT2D eigenvalue weighted by Crippen LogP contribution is 2.20. The van der Waals surface area contributed by atoms with Crippen LogP contribution in [0.4, 0.5) is 0 Å². The number of esters is 1. The molecule has 0 saturated heterocycles. The monoisotopic (exact) mass is 537 g/mol. The second-order valence-corrected chi connectivity index (χ2v) is 12.8. The van der Waals surface area contributed by atoms with Crippen molar-refractivity contribution in [3.63, 3.8) is 0 Å². The molecule has 0 amide bonds. The number of unbranched alkanes of at least 4 members (excludes halogenated alkanes) is 19. The van der Waals surface area contributed by atoms with Gasteiger partial charge in [-0.3, -0.25) is 4.79 Å². The van der Waals surface area contributed by atoms with Crippen LogP contribution in [0, 0.1) is 11.8 Å². The van der Waals surface area contributed by atoms with Crippen molar-refractivity contribution in [2.24, 2.45) is 11.8 Å². The van der Waals surface area contributed by atoms with E-state index in [0.29, 0.717) is 13.0 Å². The minimum absolute atomic E-state index is 0.0249. The average Bonchev–Trinajstić information content (AvgIpc) is 2.91. The largest absolute Gasteiger partial charge is 0.466 e. The van der Waals surface area contributed by atoms with Crippen LogP contribution in [0.1, 0.15) is 207 Å². The van der Waals surface area contributed by atoms with Crippen LogP contribution in [-0.2, 0) is 9.53 Å². The van der Waals surface area contributed by atoms with Crippen molar-refractivity contribution in [1.29, 1.82) is 0 Å². The van der Waals surface area contributed by atoms with Crippen molar-refractivity contribution in [1.82, 2.24) is 0 Å². The Labute approximate surface area is 241 Å². The van der Waals surface area contributed by atoms with E-state index in [4.69, 9.17) is 4.74 Å². The summed E-state index contributed by atoms with van der Waals surface area (Å²) in [7, 11) is 0. The molecule has 0 aliphatic carbocycles. The number of ether oxygens (including phenoxy) is 1. The molecule has 38 heavy (non-hydrogen) atoms. The standard InChI is InChI=1S/C36H72O2/c1-5-7-9-11-16-22-28-34(3)30-24-18-13-14-21-27-33-38-36(37)32-26-20-15-19-25-31-35(4)29-23-17-12-10-8-6-2/h34-35H,5-33H2,1-4H3. The first-order chi connectivity index (χ1) is 18.6. The van der Waals surface area contributed by atoms with Crippen LogP contribution in [-0.4, -0.2) is 12.6 Å². The molecule has 0 radical (unpaired) electrons. The molecule has 0 N–H and O–H groups in total. The number of carbonyl (C=O) groups excluding carboxylic acids is 1. The summed E-state index contributed by atoms with van der Waals surface area (Å²) in [6, 6.07) is 0. The highest BCUT2D eigenvalue weighted by molar-refractivity contribution is 5.69. The predicted molar refractivity (Wildman–Crippen MR) is 170 cm³/mol. The Balaban J connectivity index is 3.30. The molecule has 0 aromatic rings. The number of hydrogen-bond acceptors (Lipinski definition) is 2. The molecule has 0 aliphatic heterocycles.